The van der Waals surface area contributed by atoms with E-state index in [0.29, 0.717) is 13.1 Å². The largest absolute Gasteiger partial charge is 0.385 e. The van der Waals surface area contributed by atoms with Gasteiger partial charge in [0.25, 0.3) is 5.91 Å². The molecule has 3 N–H and O–H groups in total. The zero-order valence-electron chi connectivity index (χ0n) is 17.4. The van der Waals surface area contributed by atoms with Crippen LogP contribution in [0.2, 0.25) is 0 Å². The summed E-state index contributed by atoms with van der Waals surface area (Å²) in [5.41, 5.74) is 0.293. The lowest BCUT2D eigenvalue weighted by atomic mass is 9.83. The Bertz CT molecular complexity index is 651. The fourth-order valence-electron chi connectivity index (χ4n) is 3.62. The molecule has 0 unspecified atom stereocenters. The highest BCUT2D eigenvalue weighted by Crippen LogP contribution is 2.41. The van der Waals surface area contributed by atoms with Crippen LogP contribution in [0.1, 0.15) is 49.4 Å². The number of amides is 1. The molecule has 1 aromatic carbocycles. The van der Waals surface area contributed by atoms with E-state index in [0.717, 1.165) is 32.1 Å². The van der Waals surface area contributed by atoms with Gasteiger partial charge in [-0.05, 0) is 43.7 Å². The molecule has 0 radical (unpaired) electrons. The third kappa shape index (κ3) is 8.46. The molecule has 1 saturated carbocycles. The lowest BCUT2D eigenvalue weighted by Gasteiger charge is -2.27. The molecule has 8 heteroatoms. The molecule has 29 heavy (non-hydrogen) atoms. The Morgan fingerprint density at radius 3 is 2.52 bits per heavy atom. The molecule has 0 aromatic heterocycles. The van der Waals surface area contributed by atoms with Crippen molar-refractivity contribution >= 4 is 35.8 Å². The van der Waals surface area contributed by atoms with Gasteiger partial charge in [-0.2, -0.15) is 0 Å². The van der Waals surface area contributed by atoms with Crippen LogP contribution in [0.5, 0.6) is 0 Å². The second-order valence-electron chi connectivity index (χ2n) is 7.31. The fraction of sp³-hybridized carbons (Fsp3) is 0.619. The van der Waals surface area contributed by atoms with Crippen molar-refractivity contribution in [2.75, 3.05) is 39.9 Å². The molecule has 1 amide bonds. The summed E-state index contributed by atoms with van der Waals surface area (Å²) in [5, 5.41) is 9.21. The maximum atomic E-state index is 13.6. The second kappa shape index (κ2) is 13.7. The van der Waals surface area contributed by atoms with E-state index in [-0.39, 0.29) is 35.0 Å². The second-order valence-corrected chi connectivity index (χ2v) is 7.31. The summed E-state index contributed by atoms with van der Waals surface area (Å²) >= 11 is 0. The third-order valence-electron chi connectivity index (χ3n) is 5.24. The Kier molecular flexibility index (Phi) is 12.1. The van der Waals surface area contributed by atoms with E-state index in [2.05, 4.69) is 16.0 Å². The number of ether oxygens (including phenoxy) is 1. The van der Waals surface area contributed by atoms with Gasteiger partial charge in [-0.25, -0.2) is 4.39 Å². The van der Waals surface area contributed by atoms with Crippen LogP contribution in [0.3, 0.4) is 0 Å². The van der Waals surface area contributed by atoms with Gasteiger partial charge in [0, 0.05) is 39.9 Å². The van der Waals surface area contributed by atoms with Crippen molar-refractivity contribution in [3.05, 3.63) is 35.6 Å². The predicted molar refractivity (Wildman–Crippen MR) is 126 cm³/mol. The summed E-state index contributed by atoms with van der Waals surface area (Å²) in [5.74, 6) is -0.182. The van der Waals surface area contributed by atoms with Crippen LogP contribution in [-0.4, -0.2) is 51.8 Å². The van der Waals surface area contributed by atoms with Gasteiger partial charge in [0.15, 0.2) is 5.96 Å². The number of carbonyl (C=O) groups excluding carboxylic acids is 1. The molecule has 1 aliphatic rings. The molecule has 1 fully saturated rings. The molecule has 0 spiro atoms. The molecule has 1 aliphatic carbocycles. The summed E-state index contributed by atoms with van der Waals surface area (Å²) in [6, 6.07) is 5.97. The van der Waals surface area contributed by atoms with Crippen LogP contribution in [-0.2, 0) is 4.74 Å². The fourth-order valence-corrected chi connectivity index (χ4v) is 3.62. The van der Waals surface area contributed by atoms with Gasteiger partial charge in [0.2, 0.25) is 0 Å². The first-order chi connectivity index (χ1) is 13.6. The summed E-state index contributed by atoms with van der Waals surface area (Å²) < 4.78 is 18.9. The van der Waals surface area contributed by atoms with E-state index in [1.54, 1.807) is 19.2 Å². The van der Waals surface area contributed by atoms with Gasteiger partial charge in [-0.15, -0.1) is 24.0 Å². The van der Waals surface area contributed by atoms with Gasteiger partial charge in [-0.3, -0.25) is 9.79 Å². The molecule has 0 bridgehead atoms. The average molecular weight is 520 g/mol. The molecule has 2 rings (SSSR count). The number of benzene rings is 1. The molecule has 0 heterocycles. The van der Waals surface area contributed by atoms with Crippen molar-refractivity contribution in [1.82, 2.24) is 16.0 Å². The normalized spacial score (nSPS) is 15.5. The van der Waals surface area contributed by atoms with Crippen LogP contribution >= 0.6 is 24.0 Å². The van der Waals surface area contributed by atoms with Gasteiger partial charge in [-0.1, -0.05) is 25.0 Å². The first-order valence-electron chi connectivity index (χ1n) is 10.1. The lowest BCUT2D eigenvalue weighted by Crippen LogP contribution is -2.42. The Hall–Kier alpha value is -1.42. The zero-order valence-corrected chi connectivity index (χ0v) is 19.8. The maximum Gasteiger partial charge on any atom is 0.254 e. The topological polar surface area (TPSA) is 74.8 Å². The van der Waals surface area contributed by atoms with E-state index in [9.17, 15) is 9.18 Å². The highest BCUT2D eigenvalue weighted by atomic mass is 127. The van der Waals surface area contributed by atoms with Crippen molar-refractivity contribution in [2.24, 2.45) is 10.4 Å². The molecule has 164 valence electrons. The average Bonchev–Trinajstić information content (AvgIpc) is 3.17. The lowest BCUT2D eigenvalue weighted by molar-refractivity contribution is 0.0950. The maximum absolute atomic E-state index is 13.6. The molecule has 0 atom stereocenters. The molecule has 0 aliphatic heterocycles. The van der Waals surface area contributed by atoms with Gasteiger partial charge < -0.3 is 20.7 Å². The zero-order chi connectivity index (χ0) is 20.2. The van der Waals surface area contributed by atoms with Gasteiger partial charge in [0.1, 0.15) is 5.82 Å². The van der Waals surface area contributed by atoms with E-state index < -0.39 is 11.7 Å². The first-order valence-corrected chi connectivity index (χ1v) is 10.1. The Morgan fingerprint density at radius 2 is 1.86 bits per heavy atom. The van der Waals surface area contributed by atoms with E-state index >= 15 is 0 Å². The number of halogens is 2. The number of hydrogen-bond acceptors (Lipinski definition) is 3. The number of nitrogens with one attached hydrogen (secondary N) is 3. The van der Waals surface area contributed by atoms with Gasteiger partial charge in [0.05, 0.1) is 5.56 Å². The Morgan fingerprint density at radius 1 is 1.17 bits per heavy atom. The predicted octanol–water partition coefficient (Wildman–Crippen LogP) is 3.33. The summed E-state index contributed by atoms with van der Waals surface area (Å²) in [6.07, 6.45) is 5.93. The highest BCUT2D eigenvalue weighted by Gasteiger charge is 2.33. The Balaban J connectivity index is 0.00000420. The van der Waals surface area contributed by atoms with Crippen LogP contribution < -0.4 is 16.0 Å². The standard InChI is InChI=1S/C21H33FN4O2.HI/c1-3-23-20(26-16-21(12-15-28-2)10-6-7-11-21)25-14-13-24-19(27)17-8-4-5-9-18(17)22;/h4-5,8-9H,3,6-7,10-16H2,1-2H3,(H,24,27)(H2,23,25,26);1H. The summed E-state index contributed by atoms with van der Waals surface area (Å²) in [7, 11) is 1.74. The number of hydrogen-bond donors (Lipinski definition) is 3. The number of nitrogens with zero attached hydrogens (tertiary/aromatic N) is 1. The summed E-state index contributed by atoms with van der Waals surface area (Å²) in [4.78, 5) is 16.8. The monoisotopic (exact) mass is 520 g/mol. The minimum Gasteiger partial charge on any atom is -0.385 e. The molecule has 1 aromatic rings. The van der Waals surface area contributed by atoms with Gasteiger partial charge >= 0.3 is 0 Å². The Labute approximate surface area is 190 Å². The van der Waals surface area contributed by atoms with E-state index in [1.165, 1.54) is 37.8 Å². The van der Waals surface area contributed by atoms with Crippen LogP contribution in [0.4, 0.5) is 4.39 Å². The first kappa shape index (κ1) is 25.6. The van der Waals surface area contributed by atoms with Crippen molar-refractivity contribution < 1.29 is 13.9 Å². The van der Waals surface area contributed by atoms with E-state index in [4.69, 9.17) is 9.73 Å². The highest BCUT2D eigenvalue weighted by molar-refractivity contribution is 14.0. The van der Waals surface area contributed by atoms with Crippen molar-refractivity contribution in [2.45, 2.75) is 39.0 Å². The van der Waals surface area contributed by atoms with Crippen molar-refractivity contribution in [1.29, 1.82) is 0 Å². The summed E-state index contributed by atoms with van der Waals surface area (Å²) in [6.45, 7) is 5.21. The quantitative estimate of drug-likeness (QED) is 0.192. The number of aliphatic imine (C=N–C) groups is 1. The number of carbonyl (C=O) groups is 1. The minimum atomic E-state index is -0.513. The molecule has 6 nitrogen and oxygen atoms in total. The minimum absolute atomic E-state index is 0. The van der Waals surface area contributed by atoms with E-state index in [1.807, 2.05) is 6.92 Å². The van der Waals surface area contributed by atoms with Crippen LogP contribution in [0.15, 0.2) is 29.3 Å². The number of rotatable bonds is 10. The molecular formula is C21H34FIN4O2. The smallest absolute Gasteiger partial charge is 0.254 e. The number of methoxy groups -OCH3 is 1. The SMILES string of the molecule is CCNC(=NCC1(CCOC)CCCC1)NCCNC(=O)c1ccccc1F.I. The van der Waals surface area contributed by atoms with Crippen molar-refractivity contribution in [3.8, 4) is 0 Å². The van der Waals surface area contributed by atoms with Crippen LogP contribution in [0, 0.1) is 11.2 Å². The number of guanidine groups is 1. The molecule has 0 saturated heterocycles. The van der Waals surface area contributed by atoms with Crippen LogP contribution in [0.25, 0.3) is 0 Å². The molecular weight excluding hydrogens is 486 g/mol. The van der Waals surface area contributed by atoms with Crippen molar-refractivity contribution in [3.63, 3.8) is 0 Å². The third-order valence-corrected chi connectivity index (χ3v) is 5.24.